The number of pyridine rings is 1. The minimum atomic E-state index is -0.327. The van der Waals surface area contributed by atoms with Gasteiger partial charge in [-0.15, -0.1) is 11.3 Å². The molecule has 1 aliphatic heterocycles. The number of carbonyl (C=O) groups excluding carboxylic acids is 2. The van der Waals surface area contributed by atoms with Gasteiger partial charge in [-0.1, -0.05) is 19.9 Å². The van der Waals surface area contributed by atoms with Gasteiger partial charge in [-0.25, -0.2) is 4.98 Å². The molecule has 8 heteroatoms. The van der Waals surface area contributed by atoms with Gasteiger partial charge in [0.1, 0.15) is 16.4 Å². The number of aliphatic hydroxyl groups excluding tert-OH is 1. The Bertz CT molecular complexity index is 785. The highest BCUT2D eigenvalue weighted by Crippen LogP contribution is 2.26. The molecule has 0 aromatic carbocycles. The van der Waals surface area contributed by atoms with Crippen molar-refractivity contribution in [1.29, 1.82) is 0 Å². The van der Waals surface area contributed by atoms with E-state index in [0.29, 0.717) is 42.3 Å². The van der Waals surface area contributed by atoms with Crippen LogP contribution in [0.25, 0.3) is 0 Å². The third kappa shape index (κ3) is 4.70. The van der Waals surface area contributed by atoms with Crippen LogP contribution in [0, 0.1) is 5.92 Å². The monoisotopic (exact) mass is 388 g/mol. The van der Waals surface area contributed by atoms with E-state index in [2.05, 4.69) is 15.3 Å². The van der Waals surface area contributed by atoms with E-state index in [1.165, 1.54) is 11.3 Å². The summed E-state index contributed by atoms with van der Waals surface area (Å²) in [5.41, 5.74) is 0.743. The standard InChI is InChI=1S/C19H24N4O3S/c1-12(2)16(22-17(25)14-5-3-4-8-20-14)18-21-15(11-27-18)19(26)23-9-6-13(24)7-10-23/h3-5,8,11-13,16,24H,6-7,9-10H2,1-2H3,(H,22,25)/t16-/m0/s1. The number of amides is 2. The van der Waals surface area contributed by atoms with Gasteiger partial charge in [0.25, 0.3) is 11.8 Å². The van der Waals surface area contributed by atoms with Crippen LogP contribution in [0.15, 0.2) is 29.8 Å². The lowest BCUT2D eigenvalue weighted by molar-refractivity contribution is 0.0542. The topological polar surface area (TPSA) is 95.4 Å². The highest BCUT2D eigenvalue weighted by molar-refractivity contribution is 7.09. The molecule has 1 aliphatic rings. The van der Waals surface area contributed by atoms with Crippen LogP contribution in [0.2, 0.25) is 0 Å². The largest absolute Gasteiger partial charge is 0.393 e. The fourth-order valence-corrected chi connectivity index (χ4v) is 4.00. The predicted octanol–water partition coefficient (Wildman–Crippen LogP) is 2.26. The molecule has 144 valence electrons. The van der Waals surface area contributed by atoms with Crippen molar-refractivity contribution >= 4 is 23.2 Å². The highest BCUT2D eigenvalue weighted by Gasteiger charge is 2.27. The Balaban J connectivity index is 1.72. The molecule has 7 nitrogen and oxygen atoms in total. The second-order valence-corrected chi connectivity index (χ2v) is 7.89. The molecule has 1 atom stereocenters. The Morgan fingerprint density at radius 2 is 2.00 bits per heavy atom. The van der Waals surface area contributed by atoms with Gasteiger partial charge in [0.05, 0.1) is 12.1 Å². The third-order valence-electron chi connectivity index (χ3n) is 4.61. The molecule has 1 fully saturated rings. The summed E-state index contributed by atoms with van der Waals surface area (Å²) < 4.78 is 0. The van der Waals surface area contributed by atoms with Crippen molar-refractivity contribution in [2.75, 3.05) is 13.1 Å². The van der Waals surface area contributed by atoms with E-state index >= 15 is 0 Å². The number of rotatable bonds is 5. The van der Waals surface area contributed by atoms with E-state index in [1.54, 1.807) is 34.7 Å². The van der Waals surface area contributed by atoms with Gasteiger partial charge >= 0.3 is 0 Å². The van der Waals surface area contributed by atoms with Gasteiger partial charge in [-0.2, -0.15) is 0 Å². The average molecular weight is 388 g/mol. The van der Waals surface area contributed by atoms with Crippen molar-refractivity contribution in [3.63, 3.8) is 0 Å². The molecule has 0 radical (unpaired) electrons. The predicted molar refractivity (Wildman–Crippen MR) is 103 cm³/mol. The first-order chi connectivity index (χ1) is 13.0. The summed E-state index contributed by atoms with van der Waals surface area (Å²) in [7, 11) is 0. The van der Waals surface area contributed by atoms with Crippen LogP contribution in [-0.4, -0.2) is 51.0 Å². The van der Waals surface area contributed by atoms with Crippen LogP contribution in [0.1, 0.15) is 58.7 Å². The first kappa shape index (κ1) is 19.4. The van der Waals surface area contributed by atoms with Gasteiger partial charge in [0.15, 0.2) is 0 Å². The van der Waals surface area contributed by atoms with Crippen molar-refractivity contribution in [3.05, 3.63) is 46.2 Å². The van der Waals surface area contributed by atoms with Crippen molar-refractivity contribution in [3.8, 4) is 0 Å². The van der Waals surface area contributed by atoms with Crippen LogP contribution >= 0.6 is 11.3 Å². The number of hydrogen-bond acceptors (Lipinski definition) is 6. The molecule has 3 rings (SSSR count). The number of nitrogens with one attached hydrogen (secondary N) is 1. The van der Waals surface area contributed by atoms with Crippen molar-refractivity contribution in [2.24, 2.45) is 5.92 Å². The molecular weight excluding hydrogens is 364 g/mol. The molecule has 1 saturated heterocycles. The number of carbonyl (C=O) groups is 2. The Labute approximate surface area is 162 Å². The van der Waals surface area contributed by atoms with E-state index in [-0.39, 0.29) is 29.9 Å². The van der Waals surface area contributed by atoms with Crippen LogP contribution in [-0.2, 0) is 0 Å². The Kier molecular flexibility index (Phi) is 6.18. The molecule has 2 aromatic heterocycles. The summed E-state index contributed by atoms with van der Waals surface area (Å²) in [5, 5.41) is 15.0. The molecule has 0 unspecified atom stereocenters. The number of thiazole rings is 1. The summed E-state index contributed by atoms with van der Waals surface area (Å²) >= 11 is 1.37. The number of aromatic nitrogens is 2. The Morgan fingerprint density at radius 1 is 1.26 bits per heavy atom. The minimum Gasteiger partial charge on any atom is -0.393 e. The lowest BCUT2D eigenvalue weighted by Gasteiger charge is -2.29. The number of nitrogens with zero attached hydrogens (tertiary/aromatic N) is 3. The van der Waals surface area contributed by atoms with Gasteiger partial charge in [0, 0.05) is 24.7 Å². The van der Waals surface area contributed by atoms with Crippen molar-refractivity contribution in [2.45, 2.75) is 38.8 Å². The molecule has 27 heavy (non-hydrogen) atoms. The zero-order valence-corrected chi connectivity index (χ0v) is 16.3. The highest BCUT2D eigenvalue weighted by atomic mass is 32.1. The maximum atomic E-state index is 12.6. The Hall–Kier alpha value is -2.32. The fourth-order valence-electron chi connectivity index (χ4n) is 2.99. The number of hydrogen-bond donors (Lipinski definition) is 2. The van der Waals surface area contributed by atoms with Gasteiger partial charge in [-0.3, -0.25) is 14.6 Å². The molecule has 0 spiro atoms. The van der Waals surface area contributed by atoms with E-state index < -0.39 is 0 Å². The summed E-state index contributed by atoms with van der Waals surface area (Å²) in [4.78, 5) is 35.4. The van der Waals surface area contributed by atoms with Gasteiger partial charge < -0.3 is 15.3 Å². The van der Waals surface area contributed by atoms with Gasteiger partial charge in [0.2, 0.25) is 0 Å². The quantitative estimate of drug-likeness (QED) is 0.819. The number of likely N-dealkylation sites (tertiary alicyclic amines) is 1. The van der Waals surface area contributed by atoms with E-state index in [4.69, 9.17) is 0 Å². The van der Waals surface area contributed by atoms with Crippen molar-refractivity contribution < 1.29 is 14.7 Å². The fraction of sp³-hybridized carbons (Fsp3) is 0.474. The normalized spacial score (nSPS) is 16.4. The zero-order valence-electron chi connectivity index (χ0n) is 15.5. The number of aliphatic hydroxyl groups is 1. The second-order valence-electron chi connectivity index (χ2n) is 7.00. The zero-order chi connectivity index (χ0) is 19.4. The molecular formula is C19H24N4O3S. The van der Waals surface area contributed by atoms with E-state index in [9.17, 15) is 14.7 Å². The Morgan fingerprint density at radius 3 is 2.63 bits per heavy atom. The molecule has 0 saturated carbocycles. The smallest absolute Gasteiger partial charge is 0.273 e. The van der Waals surface area contributed by atoms with Gasteiger partial charge in [-0.05, 0) is 30.9 Å². The van der Waals surface area contributed by atoms with Crippen molar-refractivity contribution in [1.82, 2.24) is 20.2 Å². The van der Waals surface area contributed by atoms with E-state index in [1.807, 2.05) is 13.8 Å². The van der Waals surface area contributed by atoms with E-state index in [0.717, 1.165) is 0 Å². The summed E-state index contributed by atoms with van der Waals surface area (Å²) in [6.07, 6.45) is 2.44. The summed E-state index contributed by atoms with van der Waals surface area (Å²) in [6, 6.07) is 4.89. The molecule has 3 heterocycles. The molecule has 0 bridgehead atoms. The van der Waals surface area contributed by atoms with Crippen LogP contribution < -0.4 is 5.32 Å². The first-order valence-electron chi connectivity index (χ1n) is 9.10. The lowest BCUT2D eigenvalue weighted by Crippen LogP contribution is -2.40. The number of piperidine rings is 1. The molecule has 2 N–H and O–H groups in total. The molecule has 0 aliphatic carbocycles. The van der Waals surface area contributed by atoms with Crippen LogP contribution in [0.3, 0.4) is 0 Å². The van der Waals surface area contributed by atoms with Crippen LogP contribution in [0.5, 0.6) is 0 Å². The molecule has 2 aromatic rings. The minimum absolute atomic E-state index is 0.108. The SMILES string of the molecule is CC(C)[C@H](NC(=O)c1ccccn1)c1nc(C(=O)N2CCC(O)CC2)cs1. The molecule has 2 amide bonds. The summed E-state index contributed by atoms with van der Waals surface area (Å²) in [5.74, 6) is -0.276. The van der Waals surface area contributed by atoms with Crippen LogP contribution in [0.4, 0.5) is 0 Å². The second kappa shape index (κ2) is 8.58. The summed E-state index contributed by atoms with van der Waals surface area (Å²) in [6.45, 7) is 5.07. The average Bonchev–Trinajstić information content (AvgIpc) is 3.16. The third-order valence-corrected chi connectivity index (χ3v) is 5.54. The maximum absolute atomic E-state index is 12.6. The lowest BCUT2D eigenvalue weighted by atomic mass is 10.0. The first-order valence-corrected chi connectivity index (χ1v) is 9.98. The maximum Gasteiger partial charge on any atom is 0.273 e.